The van der Waals surface area contributed by atoms with Crippen molar-refractivity contribution in [3.8, 4) is 5.75 Å². The van der Waals surface area contributed by atoms with Gasteiger partial charge < -0.3 is 15.4 Å². The maximum atomic E-state index is 13.5. The average Bonchev–Trinajstić information content (AvgIpc) is 3.24. The Morgan fingerprint density at radius 2 is 2.03 bits per heavy atom. The number of carbonyl (C=O) groups excluding carboxylic acids is 2. The van der Waals surface area contributed by atoms with Gasteiger partial charge in [-0.2, -0.15) is 0 Å². The lowest BCUT2D eigenvalue weighted by Gasteiger charge is -2.29. The number of para-hydroxylation sites is 1. The second-order valence-corrected chi connectivity index (χ2v) is 8.89. The number of rotatable bonds is 4. The maximum Gasteiger partial charge on any atom is 0.250 e. The molecule has 2 aromatic carbocycles. The van der Waals surface area contributed by atoms with Gasteiger partial charge in [0.15, 0.2) is 0 Å². The highest BCUT2D eigenvalue weighted by Crippen LogP contribution is 2.50. The molecule has 1 saturated heterocycles. The van der Waals surface area contributed by atoms with E-state index in [0.29, 0.717) is 39.2 Å². The lowest BCUT2D eigenvalue weighted by atomic mass is 9.79. The van der Waals surface area contributed by atoms with Crippen LogP contribution in [0.5, 0.6) is 5.75 Å². The van der Waals surface area contributed by atoms with Crippen LogP contribution in [0.4, 0.5) is 11.4 Å². The Kier molecular flexibility index (Phi) is 5.43. The third-order valence-electron chi connectivity index (χ3n) is 6.00. The van der Waals surface area contributed by atoms with Crippen molar-refractivity contribution >= 4 is 46.4 Å². The van der Waals surface area contributed by atoms with Crippen LogP contribution < -0.4 is 20.7 Å². The summed E-state index contributed by atoms with van der Waals surface area (Å²) in [6.07, 6.45) is 0.506. The summed E-state index contributed by atoms with van der Waals surface area (Å²) in [4.78, 5) is 26.8. The standard InChI is InChI=1S/C22H23Cl2N3O3/c1-11(2)16-10-14(20(28)25-17-9-12(23)7-8-18(17)30-3)22(27-16)13-5-4-6-15(24)19(13)26-21(22)29/h4-9,11,14,16,27H,10H2,1-3H3,(H,25,28)(H,26,29). The van der Waals surface area contributed by atoms with E-state index in [1.807, 2.05) is 6.07 Å². The molecule has 0 aromatic heterocycles. The predicted octanol–water partition coefficient (Wildman–Crippen LogP) is 4.42. The third-order valence-corrected chi connectivity index (χ3v) is 6.55. The van der Waals surface area contributed by atoms with E-state index in [1.54, 1.807) is 30.3 Å². The van der Waals surface area contributed by atoms with Gasteiger partial charge in [0.25, 0.3) is 0 Å². The molecule has 30 heavy (non-hydrogen) atoms. The molecule has 3 unspecified atom stereocenters. The van der Waals surface area contributed by atoms with Crippen molar-refractivity contribution in [2.75, 3.05) is 17.7 Å². The van der Waals surface area contributed by atoms with Crippen LogP contribution >= 0.6 is 23.2 Å². The summed E-state index contributed by atoms with van der Waals surface area (Å²) in [5.41, 5.74) is 0.522. The summed E-state index contributed by atoms with van der Waals surface area (Å²) in [6, 6.07) is 10.4. The largest absolute Gasteiger partial charge is 0.495 e. The van der Waals surface area contributed by atoms with Crippen LogP contribution in [0.25, 0.3) is 0 Å². The molecule has 1 fully saturated rings. The molecule has 8 heteroatoms. The molecular weight excluding hydrogens is 425 g/mol. The fraction of sp³-hybridized carbons (Fsp3) is 0.364. The summed E-state index contributed by atoms with van der Waals surface area (Å²) in [5.74, 6) is -0.474. The minimum atomic E-state index is -1.19. The molecule has 6 nitrogen and oxygen atoms in total. The summed E-state index contributed by atoms with van der Waals surface area (Å²) >= 11 is 12.4. The van der Waals surface area contributed by atoms with Crippen molar-refractivity contribution in [1.82, 2.24) is 5.32 Å². The zero-order valence-electron chi connectivity index (χ0n) is 16.9. The van der Waals surface area contributed by atoms with E-state index in [2.05, 4.69) is 29.8 Å². The van der Waals surface area contributed by atoms with Crippen molar-refractivity contribution in [3.63, 3.8) is 0 Å². The number of hydrogen-bond acceptors (Lipinski definition) is 4. The number of methoxy groups -OCH3 is 1. The normalized spacial score (nSPS) is 24.8. The van der Waals surface area contributed by atoms with Gasteiger partial charge >= 0.3 is 0 Å². The van der Waals surface area contributed by atoms with Gasteiger partial charge in [-0.3, -0.25) is 14.9 Å². The van der Waals surface area contributed by atoms with Crippen LogP contribution in [0, 0.1) is 11.8 Å². The number of benzene rings is 2. The van der Waals surface area contributed by atoms with E-state index in [-0.39, 0.29) is 23.8 Å². The van der Waals surface area contributed by atoms with E-state index in [9.17, 15) is 9.59 Å². The Hall–Kier alpha value is -2.28. The van der Waals surface area contributed by atoms with Crippen molar-refractivity contribution in [2.45, 2.75) is 31.8 Å². The van der Waals surface area contributed by atoms with Crippen molar-refractivity contribution in [1.29, 1.82) is 0 Å². The molecule has 1 spiro atoms. The monoisotopic (exact) mass is 447 g/mol. The van der Waals surface area contributed by atoms with Gasteiger partial charge in [-0.1, -0.05) is 49.2 Å². The van der Waals surface area contributed by atoms with Gasteiger partial charge in [-0.15, -0.1) is 0 Å². The lowest BCUT2D eigenvalue weighted by Crippen LogP contribution is -2.52. The maximum absolute atomic E-state index is 13.5. The Balaban J connectivity index is 1.76. The van der Waals surface area contributed by atoms with E-state index in [1.165, 1.54) is 7.11 Å². The fourth-order valence-electron chi connectivity index (χ4n) is 4.43. The molecule has 2 aromatic rings. The number of nitrogens with one attached hydrogen (secondary N) is 3. The highest BCUT2D eigenvalue weighted by Gasteiger charge is 2.60. The molecule has 3 N–H and O–H groups in total. The second kappa shape index (κ2) is 7.76. The molecule has 2 heterocycles. The summed E-state index contributed by atoms with van der Waals surface area (Å²) in [5, 5.41) is 10.2. The first-order valence-corrected chi connectivity index (χ1v) is 10.6. The Morgan fingerprint density at radius 1 is 1.27 bits per heavy atom. The smallest absolute Gasteiger partial charge is 0.250 e. The zero-order valence-corrected chi connectivity index (χ0v) is 18.4. The van der Waals surface area contributed by atoms with Gasteiger partial charge in [0.05, 0.1) is 29.4 Å². The van der Waals surface area contributed by atoms with Crippen molar-refractivity contribution in [3.05, 3.63) is 52.0 Å². The molecule has 2 aliphatic rings. The number of fused-ring (bicyclic) bond motifs is 2. The number of carbonyl (C=O) groups is 2. The highest BCUT2D eigenvalue weighted by atomic mass is 35.5. The molecule has 158 valence electrons. The van der Waals surface area contributed by atoms with Gasteiger partial charge in [-0.05, 0) is 36.6 Å². The van der Waals surface area contributed by atoms with E-state index in [0.717, 1.165) is 0 Å². The van der Waals surface area contributed by atoms with E-state index < -0.39 is 11.5 Å². The predicted molar refractivity (Wildman–Crippen MR) is 118 cm³/mol. The Bertz CT molecular complexity index is 1030. The molecule has 0 saturated carbocycles. The van der Waals surface area contributed by atoms with Gasteiger partial charge in [-0.25, -0.2) is 0 Å². The minimum Gasteiger partial charge on any atom is -0.495 e. The first-order chi connectivity index (χ1) is 14.3. The minimum absolute atomic E-state index is 0.0160. The van der Waals surface area contributed by atoms with Crippen molar-refractivity contribution in [2.24, 2.45) is 11.8 Å². The summed E-state index contributed by atoms with van der Waals surface area (Å²) in [6.45, 7) is 4.13. The Morgan fingerprint density at radius 3 is 2.73 bits per heavy atom. The quantitative estimate of drug-likeness (QED) is 0.647. The highest BCUT2D eigenvalue weighted by molar-refractivity contribution is 6.35. The fourth-order valence-corrected chi connectivity index (χ4v) is 4.82. The molecule has 0 aliphatic carbocycles. The van der Waals surface area contributed by atoms with Gasteiger partial charge in [0.1, 0.15) is 11.3 Å². The Labute approximate surface area is 185 Å². The lowest BCUT2D eigenvalue weighted by molar-refractivity contribution is -0.130. The average molecular weight is 448 g/mol. The molecule has 0 radical (unpaired) electrons. The van der Waals surface area contributed by atoms with Gasteiger partial charge in [0.2, 0.25) is 11.8 Å². The summed E-state index contributed by atoms with van der Waals surface area (Å²) in [7, 11) is 1.52. The molecule has 2 aliphatic heterocycles. The number of anilines is 2. The molecule has 4 rings (SSSR count). The first kappa shape index (κ1) is 21.0. The first-order valence-electron chi connectivity index (χ1n) is 9.80. The number of hydrogen-bond donors (Lipinski definition) is 3. The third kappa shape index (κ3) is 3.23. The van der Waals surface area contributed by atoms with Crippen LogP contribution in [0.2, 0.25) is 10.0 Å². The molecular formula is C22H23Cl2N3O3. The second-order valence-electron chi connectivity index (χ2n) is 8.04. The number of halogens is 2. The van der Waals surface area contributed by atoms with Crippen LogP contribution in [0.15, 0.2) is 36.4 Å². The van der Waals surface area contributed by atoms with E-state index >= 15 is 0 Å². The van der Waals surface area contributed by atoms with E-state index in [4.69, 9.17) is 27.9 Å². The zero-order chi connectivity index (χ0) is 21.6. The van der Waals surface area contributed by atoms with Crippen molar-refractivity contribution < 1.29 is 14.3 Å². The van der Waals surface area contributed by atoms with Crippen LogP contribution in [0.1, 0.15) is 25.8 Å². The number of ether oxygens (including phenoxy) is 1. The van der Waals surface area contributed by atoms with Crippen LogP contribution in [-0.4, -0.2) is 25.0 Å². The SMILES string of the molecule is COc1ccc(Cl)cc1NC(=O)C1CC(C(C)C)NC12C(=O)Nc1c(Cl)cccc12. The van der Waals surface area contributed by atoms with Gasteiger partial charge in [0, 0.05) is 16.6 Å². The van der Waals surface area contributed by atoms with Crippen LogP contribution in [0.3, 0.4) is 0 Å². The number of amides is 2. The topological polar surface area (TPSA) is 79.5 Å². The molecule has 0 bridgehead atoms. The van der Waals surface area contributed by atoms with Crippen LogP contribution in [-0.2, 0) is 15.1 Å². The summed E-state index contributed by atoms with van der Waals surface area (Å²) < 4.78 is 5.35. The molecule has 2 amide bonds. The molecule has 3 atom stereocenters.